The van der Waals surface area contributed by atoms with Crippen LogP contribution in [0.3, 0.4) is 0 Å². The number of unbranched alkanes of at least 4 members (excludes halogenated alkanes) is 1. The van der Waals surface area contributed by atoms with Crippen LogP contribution in [0.2, 0.25) is 0 Å². The number of anilines is 2. The third-order valence-electron chi connectivity index (χ3n) is 5.06. The normalized spacial score (nSPS) is 11.0. The Morgan fingerprint density at radius 2 is 1.81 bits per heavy atom. The van der Waals surface area contributed by atoms with Gasteiger partial charge in [0.1, 0.15) is 5.82 Å². The maximum Gasteiger partial charge on any atom is 0.330 e. The summed E-state index contributed by atoms with van der Waals surface area (Å²) in [6.45, 7) is 4.41. The first kappa shape index (κ1) is 22.0. The molecule has 3 aromatic rings. The second-order valence-corrected chi connectivity index (χ2v) is 7.27. The number of nitrogens with one attached hydrogen (secondary N) is 2. The van der Waals surface area contributed by atoms with E-state index in [2.05, 4.69) is 15.2 Å². The third-order valence-corrected chi connectivity index (χ3v) is 5.06. The molecule has 0 aliphatic heterocycles. The number of fused-ring (bicyclic) bond motifs is 1. The first-order valence-electron chi connectivity index (χ1n) is 10.3. The van der Waals surface area contributed by atoms with Crippen LogP contribution in [0.5, 0.6) is 0 Å². The fraction of sp³-hybridized carbons (Fsp3) is 0.381. The van der Waals surface area contributed by atoms with E-state index in [0.717, 1.165) is 6.42 Å². The minimum atomic E-state index is -0.712. The average Bonchev–Trinajstić information content (AvgIpc) is 2.75. The summed E-state index contributed by atoms with van der Waals surface area (Å²) in [6.07, 6.45) is 1.95. The monoisotopic (exact) mass is 426 g/mol. The van der Waals surface area contributed by atoms with Crippen molar-refractivity contribution in [3.05, 3.63) is 61.2 Å². The van der Waals surface area contributed by atoms with Crippen molar-refractivity contribution in [2.24, 2.45) is 0 Å². The van der Waals surface area contributed by atoms with Crippen LogP contribution in [0.4, 0.5) is 11.5 Å². The van der Waals surface area contributed by atoms with Crippen molar-refractivity contribution in [2.45, 2.75) is 46.1 Å². The maximum absolute atomic E-state index is 13.2. The highest BCUT2D eigenvalue weighted by Crippen LogP contribution is 2.20. The second-order valence-electron chi connectivity index (χ2n) is 7.27. The topological polar surface area (TPSA) is 147 Å². The lowest BCUT2D eigenvalue weighted by Crippen LogP contribution is -2.42. The van der Waals surface area contributed by atoms with Crippen molar-refractivity contribution in [2.75, 3.05) is 17.2 Å². The van der Waals surface area contributed by atoms with Crippen LogP contribution >= 0.6 is 0 Å². The third kappa shape index (κ3) is 4.42. The predicted molar refractivity (Wildman–Crippen MR) is 119 cm³/mol. The summed E-state index contributed by atoms with van der Waals surface area (Å²) in [4.78, 5) is 53.6. The van der Waals surface area contributed by atoms with Crippen molar-refractivity contribution in [3.8, 4) is 0 Å². The summed E-state index contributed by atoms with van der Waals surface area (Å²) in [5.74, 6) is -0.451. The van der Waals surface area contributed by atoms with E-state index in [0.29, 0.717) is 35.9 Å². The summed E-state index contributed by atoms with van der Waals surface area (Å²) < 4.78 is 1.28. The number of H-pyrrole nitrogens is 2. The van der Waals surface area contributed by atoms with E-state index in [1.807, 2.05) is 13.8 Å². The van der Waals surface area contributed by atoms with Gasteiger partial charge in [0.15, 0.2) is 5.69 Å². The van der Waals surface area contributed by atoms with Crippen LogP contribution < -0.4 is 27.4 Å². The predicted octanol–water partition coefficient (Wildman–Crippen LogP) is 1.14. The number of rotatable bonds is 8. The fourth-order valence-electron chi connectivity index (χ4n) is 3.51. The number of hydrogen-bond donors (Lipinski definition) is 3. The smallest absolute Gasteiger partial charge is 0.330 e. The summed E-state index contributed by atoms with van der Waals surface area (Å²) in [7, 11) is 0. The Kier molecular flexibility index (Phi) is 6.68. The molecule has 1 aromatic carbocycles. The van der Waals surface area contributed by atoms with Gasteiger partial charge in [-0.15, -0.1) is 0 Å². The molecule has 31 heavy (non-hydrogen) atoms. The van der Waals surface area contributed by atoms with Gasteiger partial charge in [-0.3, -0.25) is 23.9 Å². The van der Waals surface area contributed by atoms with Gasteiger partial charge in [-0.1, -0.05) is 38.5 Å². The second kappa shape index (κ2) is 9.41. The molecule has 0 saturated carbocycles. The lowest BCUT2D eigenvalue weighted by Gasteiger charge is -2.24. The maximum atomic E-state index is 13.2. The number of nitrogens with two attached hydrogens (primary N) is 1. The molecule has 164 valence electrons. The van der Waals surface area contributed by atoms with Gasteiger partial charge in [-0.25, -0.2) is 9.89 Å². The quantitative estimate of drug-likeness (QED) is 0.492. The largest absolute Gasteiger partial charge is 0.383 e. The van der Waals surface area contributed by atoms with Gasteiger partial charge in [0.05, 0.1) is 17.5 Å². The molecule has 0 radical (unpaired) electrons. The molecule has 2 aromatic heterocycles. The van der Waals surface area contributed by atoms with Crippen LogP contribution in [0.15, 0.2) is 38.6 Å². The Balaban J connectivity index is 2.05. The highest BCUT2D eigenvalue weighted by Gasteiger charge is 2.24. The van der Waals surface area contributed by atoms with Crippen molar-refractivity contribution >= 4 is 28.2 Å². The minimum absolute atomic E-state index is 0.0386. The van der Waals surface area contributed by atoms with Crippen molar-refractivity contribution < 1.29 is 4.79 Å². The molecule has 0 spiro atoms. The molecule has 0 aliphatic carbocycles. The Labute approximate surface area is 177 Å². The molecule has 1 amide bonds. The van der Waals surface area contributed by atoms with Gasteiger partial charge in [0.25, 0.3) is 11.1 Å². The number of aromatic nitrogens is 4. The van der Waals surface area contributed by atoms with Gasteiger partial charge in [-0.2, -0.15) is 5.10 Å². The standard InChI is InChI=1S/C21H26N6O4/c1-3-5-11-27-18(22)17(20(30)23-21(27)31)26(10-4-2)16(28)12-15-13-8-6-7-9-14(13)19(29)25-24-15/h6-9H,3-5,10-12,22H2,1-2H3,(H,25,29)(H,23,30,31). The van der Waals surface area contributed by atoms with E-state index in [1.54, 1.807) is 24.3 Å². The van der Waals surface area contributed by atoms with Crippen molar-refractivity contribution in [1.29, 1.82) is 0 Å². The number of benzene rings is 1. The van der Waals surface area contributed by atoms with Crippen LogP contribution in [0.25, 0.3) is 10.8 Å². The summed E-state index contributed by atoms with van der Waals surface area (Å²) in [6, 6.07) is 6.86. The molecule has 4 N–H and O–H groups in total. The van der Waals surface area contributed by atoms with E-state index in [9.17, 15) is 19.2 Å². The average molecular weight is 426 g/mol. The molecule has 2 heterocycles. The zero-order chi connectivity index (χ0) is 22.5. The van der Waals surface area contributed by atoms with Gasteiger partial charge in [0.2, 0.25) is 5.91 Å². The Hall–Kier alpha value is -3.69. The van der Waals surface area contributed by atoms with Crippen LogP contribution in [0.1, 0.15) is 38.8 Å². The van der Waals surface area contributed by atoms with Crippen molar-refractivity contribution in [1.82, 2.24) is 19.7 Å². The number of nitrogen functional groups attached to an aromatic ring is 1. The number of carbonyl (C=O) groups is 1. The zero-order valence-corrected chi connectivity index (χ0v) is 17.6. The molecule has 10 heteroatoms. The molecule has 3 rings (SSSR count). The first-order chi connectivity index (χ1) is 14.9. The van der Waals surface area contributed by atoms with Gasteiger partial charge in [0, 0.05) is 18.5 Å². The Bertz CT molecular complexity index is 1270. The summed E-state index contributed by atoms with van der Waals surface area (Å²) in [5.41, 5.74) is 4.87. The van der Waals surface area contributed by atoms with Gasteiger partial charge in [-0.05, 0) is 18.9 Å². The number of amides is 1. The lowest BCUT2D eigenvalue weighted by atomic mass is 10.1. The highest BCUT2D eigenvalue weighted by molar-refractivity contribution is 5.98. The number of nitrogens with zero attached hydrogens (tertiary/aromatic N) is 3. The molecule has 0 aliphatic rings. The van der Waals surface area contributed by atoms with E-state index in [-0.39, 0.29) is 30.0 Å². The number of carbonyl (C=O) groups excluding carboxylic acids is 1. The molecule has 10 nitrogen and oxygen atoms in total. The van der Waals surface area contributed by atoms with Gasteiger partial charge < -0.3 is 10.6 Å². The summed E-state index contributed by atoms with van der Waals surface area (Å²) >= 11 is 0. The first-order valence-corrected chi connectivity index (χ1v) is 10.3. The van der Waals surface area contributed by atoms with Gasteiger partial charge >= 0.3 is 5.69 Å². The van der Waals surface area contributed by atoms with Crippen LogP contribution in [-0.2, 0) is 17.8 Å². The van der Waals surface area contributed by atoms with E-state index >= 15 is 0 Å². The number of hydrogen-bond acceptors (Lipinski definition) is 6. The molecule has 0 fully saturated rings. The number of aromatic amines is 2. The highest BCUT2D eigenvalue weighted by atomic mass is 16.2. The fourth-order valence-corrected chi connectivity index (χ4v) is 3.51. The molecule has 0 bridgehead atoms. The Morgan fingerprint density at radius 3 is 2.48 bits per heavy atom. The molecular formula is C21H26N6O4. The molecule has 0 atom stereocenters. The lowest BCUT2D eigenvalue weighted by molar-refractivity contribution is -0.118. The van der Waals surface area contributed by atoms with E-state index in [1.165, 1.54) is 9.47 Å². The zero-order valence-electron chi connectivity index (χ0n) is 17.6. The molecular weight excluding hydrogens is 400 g/mol. The molecule has 0 saturated heterocycles. The molecule has 0 unspecified atom stereocenters. The summed E-state index contributed by atoms with van der Waals surface area (Å²) in [5, 5.41) is 7.43. The van der Waals surface area contributed by atoms with E-state index < -0.39 is 17.2 Å². The van der Waals surface area contributed by atoms with Crippen LogP contribution in [0, 0.1) is 0 Å². The Morgan fingerprint density at radius 1 is 1.10 bits per heavy atom. The van der Waals surface area contributed by atoms with Crippen LogP contribution in [-0.4, -0.2) is 32.2 Å². The van der Waals surface area contributed by atoms with E-state index in [4.69, 9.17) is 5.73 Å². The van der Waals surface area contributed by atoms with Crippen molar-refractivity contribution in [3.63, 3.8) is 0 Å². The SMILES string of the molecule is CCCCn1c(N)c(N(CCC)C(=O)Cc2n[nH]c(=O)c3ccccc23)c(=O)[nH]c1=O. The minimum Gasteiger partial charge on any atom is -0.383 e.